The molecule has 2 aromatic rings. The van der Waals surface area contributed by atoms with Crippen molar-refractivity contribution in [2.24, 2.45) is 0 Å². The van der Waals surface area contributed by atoms with E-state index in [2.05, 4.69) is 56.2 Å². The number of rotatable bonds is 6. The third-order valence-corrected chi connectivity index (χ3v) is 6.05. The van der Waals surface area contributed by atoms with Crippen molar-refractivity contribution in [1.29, 1.82) is 0 Å². The fourth-order valence-electron chi connectivity index (χ4n) is 4.18. The number of anilines is 1. The maximum atomic E-state index is 12.8. The molecule has 2 aliphatic rings. The lowest BCUT2D eigenvalue weighted by Gasteiger charge is -2.35. The minimum atomic E-state index is 0.299. The van der Waals surface area contributed by atoms with Gasteiger partial charge in [0.15, 0.2) is 6.54 Å². The van der Waals surface area contributed by atoms with E-state index in [1.165, 1.54) is 10.5 Å². The highest BCUT2D eigenvalue weighted by Crippen LogP contribution is 2.04. The molecule has 1 amide bonds. The maximum Gasteiger partial charge on any atom is 0.278 e. The molecule has 1 aromatic heterocycles. The van der Waals surface area contributed by atoms with Gasteiger partial charge >= 0.3 is 0 Å². The van der Waals surface area contributed by atoms with E-state index in [0.717, 1.165) is 64.9 Å². The van der Waals surface area contributed by atoms with Gasteiger partial charge in [0.1, 0.15) is 0 Å². The zero-order chi connectivity index (χ0) is 20.6. The molecule has 7 heteroatoms. The predicted molar refractivity (Wildman–Crippen MR) is 117 cm³/mol. The summed E-state index contributed by atoms with van der Waals surface area (Å²) in [6.45, 7) is 9.13. The van der Waals surface area contributed by atoms with Gasteiger partial charge in [-0.05, 0) is 17.7 Å². The number of nitrogens with zero attached hydrogens (tertiary/aromatic N) is 4. The number of piperazine rings is 2. The van der Waals surface area contributed by atoms with E-state index in [1.54, 1.807) is 17.3 Å². The zero-order valence-electron chi connectivity index (χ0n) is 17.5. The molecule has 2 saturated heterocycles. The second-order valence-electron chi connectivity index (χ2n) is 8.11. The minimum Gasteiger partial charge on any atom is -0.330 e. The van der Waals surface area contributed by atoms with Crippen LogP contribution in [0.4, 0.5) is 5.95 Å². The van der Waals surface area contributed by atoms with Crippen molar-refractivity contribution in [3.63, 3.8) is 0 Å². The molecule has 0 aliphatic carbocycles. The van der Waals surface area contributed by atoms with Crippen LogP contribution in [0.1, 0.15) is 5.56 Å². The Morgan fingerprint density at radius 3 is 2.27 bits per heavy atom. The molecule has 30 heavy (non-hydrogen) atoms. The molecule has 158 valence electrons. The first-order valence-electron chi connectivity index (χ1n) is 11.0. The van der Waals surface area contributed by atoms with Crippen LogP contribution in [0.5, 0.6) is 0 Å². The molecule has 2 N–H and O–H groups in total. The number of benzene rings is 1. The second kappa shape index (κ2) is 10.3. The molecule has 7 nitrogen and oxygen atoms in total. The second-order valence-corrected chi connectivity index (χ2v) is 8.11. The quantitative estimate of drug-likeness (QED) is 0.619. The number of hydrogen-bond acceptors (Lipinski definition) is 4. The number of nitrogens with one attached hydrogen (secondary N) is 2. The first kappa shape index (κ1) is 20.5. The summed E-state index contributed by atoms with van der Waals surface area (Å²) < 4.78 is 0. The normalized spacial score (nSPS) is 18.8. The number of carbonyl (C=O) groups excluding carboxylic acids is 1. The number of hydrogen-bond donors (Lipinski definition) is 2. The van der Waals surface area contributed by atoms with Crippen LogP contribution in [0.15, 0.2) is 54.9 Å². The van der Waals surface area contributed by atoms with Gasteiger partial charge in [0, 0.05) is 12.4 Å². The molecule has 0 unspecified atom stereocenters. The molecule has 2 aliphatic heterocycles. The Labute approximate surface area is 178 Å². The van der Waals surface area contributed by atoms with Crippen LogP contribution >= 0.6 is 0 Å². The van der Waals surface area contributed by atoms with Gasteiger partial charge in [-0.2, -0.15) is 0 Å². The summed E-state index contributed by atoms with van der Waals surface area (Å²) in [5.74, 6) is 1.09. The average Bonchev–Trinajstić information content (AvgIpc) is 2.81. The molecule has 2 fully saturated rings. The van der Waals surface area contributed by atoms with Gasteiger partial charge in [0.2, 0.25) is 5.95 Å². The van der Waals surface area contributed by atoms with Gasteiger partial charge in [-0.3, -0.25) is 4.79 Å². The van der Waals surface area contributed by atoms with Gasteiger partial charge in [-0.1, -0.05) is 36.4 Å². The van der Waals surface area contributed by atoms with Gasteiger partial charge in [-0.25, -0.2) is 9.97 Å². The summed E-state index contributed by atoms with van der Waals surface area (Å²) >= 11 is 0. The minimum absolute atomic E-state index is 0.299. The van der Waals surface area contributed by atoms with Crippen LogP contribution in [-0.4, -0.2) is 86.2 Å². The predicted octanol–water partition coefficient (Wildman–Crippen LogP) is -1.38. The summed E-state index contributed by atoms with van der Waals surface area (Å²) in [5, 5.41) is 0. The van der Waals surface area contributed by atoms with Crippen molar-refractivity contribution < 1.29 is 14.6 Å². The molecule has 3 heterocycles. The van der Waals surface area contributed by atoms with Crippen LogP contribution in [0.2, 0.25) is 0 Å². The first-order valence-corrected chi connectivity index (χ1v) is 11.0. The van der Waals surface area contributed by atoms with E-state index in [9.17, 15) is 4.79 Å². The SMILES string of the molecule is O=C(C[NH+]1CCN(c2ncccn2)CC1)N1CC[NH+](C/C=C/c2ccccc2)CC1. The lowest BCUT2D eigenvalue weighted by Crippen LogP contribution is -3.16. The van der Waals surface area contributed by atoms with E-state index < -0.39 is 0 Å². The summed E-state index contributed by atoms with van der Waals surface area (Å²) in [6.07, 6.45) is 8.00. The van der Waals surface area contributed by atoms with Crippen molar-refractivity contribution in [3.8, 4) is 0 Å². The summed E-state index contributed by atoms with van der Waals surface area (Å²) in [5.41, 5.74) is 1.24. The molecule has 0 radical (unpaired) electrons. The monoisotopic (exact) mass is 408 g/mol. The van der Waals surface area contributed by atoms with Crippen molar-refractivity contribution in [3.05, 3.63) is 60.4 Å². The van der Waals surface area contributed by atoms with E-state index in [0.29, 0.717) is 12.5 Å². The number of aromatic nitrogens is 2. The van der Waals surface area contributed by atoms with Gasteiger partial charge < -0.3 is 19.6 Å². The lowest BCUT2D eigenvalue weighted by atomic mass is 10.2. The largest absolute Gasteiger partial charge is 0.330 e. The Kier molecular flexibility index (Phi) is 7.05. The third-order valence-electron chi connectivity index (χ3n) is 6.05. The summed E-state index contributed by atoms with van der Waals surface area (Å²) in [7, 11) is 0. The Bertz CT molecular complexity index is 812. The molecule has 1 aromatic carbocycles. The first-order chi connectivity index (χ1) is 14.8. The molecule has 4 rings (SSSR count). The highest BCUT2D eigenvalue weighted by Gasteiger charge is 2.28. The summed E-state index contributed by atoms with van der Waals surface area (Å²) in [6, 6.07) is 12.3. The van der Waals surface area contributed by atoms with Crippen molar-refractivity contribution in [2.45, 2.75) is 0 Å². The fourth-order valence-corrected chi connectivity index (χ4v) is 4.18. The zero-order valence-corrected chi connectivity index (χ0v) is 17.5. The van der Waals surface area contributed by atoms with E-state index in [1.807, 2.05) is 12.1 Å². The van der Waals surface area contributed by atoms with Crippen molar-refractivity contribution in [2.75, 3.05) is 70.3 Å². The molecule has 0 saturated carbocycles. The van der Waals surface area contributed by atoms with Crippen LogP contribution in [0.25, 0.3) is 6.08 Å². The number of quaternary nitrogens is 2. The maximum absolute atomic E-state index is 12.8. The fraction of sp³-hybridized carbons (Fsp3) is 0.435. The van der Waals surface area contributed by atoms with Gasteiger partial charge in [0.05, 0.1) is 58.9 Å². The third kappa shape index (κ3) is 5.64. The van der Waals surface area contributed by atoms with Crippen LogP contribution in [-0.2, 0) is 4.79 Å². The molecule has 0 atom stereocenters. The van der Waals surface area contributed by atoms with Crippen molar-refractivity contribution >= 4 is 17.9 Å². The van der Waals surface area contributed by atoms with E-state index >= 15 is 0 Å². The Morgan fingerprint density at radius 1 is 0.900 bits per heavy atom. The molecule has 0 bridgehead atoms. The van der Waals surface area contributed by atoms with Crippen LogP contribution in [0.3, 0.4) is 0 Å². The highest BCUT2D eigenvalue weighted by molar-refractivity contribution is 5.77. The van der Waals surface area contributed by atoms with Crippen LogP contribution < -0.4 is 14.7 Å². The standard InChI is InChI=1S/C23H30N6O/c30-22(20-27-14-18-29(19-15-27)23-24-9-5-10-25-23)28-16-12-26(13-17-28)11-4-8-21-6-2-1-3-7-21/h1-10H,11-20H2/p+2/b8-4+. The van der Waals surface area contributed by atoms with Gasteiger partial charge in [-0.15, -0.1) is 0 Å². The lowest BCUT2D eigenvalue weighted by molar-refractivity contribution is -0.899. The molecular formula is C23H32N6O+2. The highest BCUT2D eigenvalue weighted by atomic mass is 16.2. The average molecular weight is 409 g/mol. The Hall–Kier alpha value is -2.77. The number of amides is 1. The molecular weight excluding hydrogens is 376 g/mol. The van der Waals surface area contributed by atoms with Gasteiger partial charge in [0.25, 0.3) is 5.91 Å². The topological polar surface area (TPSA) is 58.2 Å². The van der Waals surface area contributed by atoms with E-state index in [4.69, 9.17) is 0 Å². The number of carbonyl (C=O) groups is 1. The Morgan fingerprint density at radius 2 is 1.57 bits per heavy atom. The van der Waals surface area contributed by atoms with E-state index in [-0.39, 0.29) is 0 Å². The smallest absolute Gasteiger partial charge is 0.278 e. The summed E-state index contributed by atoms with van der Waals surface area (Å²) in [4.78, 5) is 28.6. The molecule has 0 spiro atoms. The van der Waals surface area contributed by atoms with Crippen LogP contribution in [0, 0.1) is 0 Å². The van der Waals surface area contributed by atoms with Crippen molar-refractivity contribution in [1.82, 2.24) is 14.9 Å². The Balaban J connectivity index is 1.16.